The summed E-state index contributed by atoms with van der Waals surface area (Å²) in [6.07, 6.45) is 8.54. The molecule has 0 bridgehead atoms. The zero-order chi connectivity index (χ0) is 11.6. The minimum atomic E-state index is 0. The van der Waals surface area contributed by atoms with E-state index in [1.165, 1.54) is 49.4 Å². The fraction of sp³-hybridized carbons (Fsp3) is 0.600. The van der Waals surface area contributed by atoms with Crippen LogP contribution in [0.1, 0.15) is 51.0 Å². The Morgan fingerprint density at radius 3 is 2.12 bits per heavy atom. The second kappa shape index (κ2) is 11.2. The summed E-state index contributed by atoms with van der Waals surface area (Å²) in [5.41, 5.74) is 1.38. The maximum atomic E-state index is 2.31. The summed E-state index contributed by atoms with van der Waals surface area (Å²) >= 11 is 0.523. The van der Waals surface area contributed by atoms with Crippen LogP contribution >= 0.6 is 0 Å². The first kappa shape index (κ1) is 17.0. The molecule has 0 atom stereocenters. The van der Waals surface area contributed by atoms with E-state index in [2.05, 4.69) is 38.1 Å². The molecule has 0 saturated carbocycles. The summed E-state index contributed by atoms with van der Waals surface area (Å²) in [4.78, 5) is 0. The number of benzene rings is 1. The van der Waals surface area contributed by atoms with E-state index in [0.29, 0.717) is 15.2 Å². The third kappa shape index (κ3) is 8.72. The van der Waals surface area contributed by atoms with Gasteiger partial charge in [0.1, 0.15) is 0 Å². The van der Waals surface area contributed by atoms with Gasteiger partial charge in [0.05, 0.1) is 0 Å². The molecule has 94 valence electrons. The van der Waals surface area contributed by atoms with E-state index in [-0.39, 0.29) is 12.4 Å². The fourth-order valence-corrected chi connectivity index (χ4v) is 3.19. The molecule has 0 fully saturated rings. The molecule has 1 aromatic carbocycles. The molecule has 2 heteroatoms. The van der Waals surface area contributed by atoms with Crippen molar-refractivity contribution in [3.05, 3.63) is 29.8 Å². The summed E-state index contributed by atoms with van der Waals surface area (Å²) in [6, 6.07) is 9.09. The van der Waals surface area contributed by atoms with E-state index in [1.807, 2.05) is 0 Å². The van der Waals surface area contributed by atoms with Crippen LogP contribution in [0.15, 0.2) is 24.3 Å². The van der Waals surface area contributed by atoms with Crippen LogP contribution in [0, 0.1) is 6.92 Å². The standard InChI is InChI=1S/C8H17.C7H7.Al.ClH/c1-3-5-7-8-6-4-2;1-7-5-3-2-4-6-7;;/h1,3-8H2,2H3;3-6H,1H3;;1H/q;;+1;/p-1. The first-order valence-electron chi connectivity index (χ1n) is 6.73. The van der Waals surface area contributed by atoms with Crippen LogP contribution in [0.25, 0.3) is 0 Å². The quantitative estimate of drug-likeness (QED) is 0.489. The Kier molecular flexibility index (Phi) is 11.2. The van der Waals surface area contributed by atoms with Crippen molar-refractivity contribution in [2.45, 2.75) is 57.7 Å². The van der Waals surface area contributed by atoms with Crippen LogP contribution in [0.2, 0.25) is 5.28 Å². The van der Waals surface area contributed by atoms with E-state index >= 15 is 0 Å². The molecule has 0 unspecified atom stereocenters. The Bertz CT molecular complexity index is 269. The average molecular weight is 267 g/mol. The zero-order valence-electron chi connectivity index (χ0n) is 11.2. The van der Waals surface area contributed by atoms with Gasteiger partial charge in [-0.1, -0.05) is 0 Å². The maximum Gasteiger partial charge on any atom is -1.00 e. The van der Waals surface area contributed by atoms with E-state index in [4.69, 9.17) is 0 Å². The van der Waals surface area contributed by atoms with Gasteiger partial charge in [0.15, 0.2) is 0 Å². The normalized spacial score (nSPS) is 9.53. The second-order valence-electron chi connectivity index (χ2n) is 4.67. The van der Waals surface area contributed by atoms with E-state index in [1.54, 1.807) is 4.43 Å². The van der Waals surface area contributed by atoms with Crippen LogP contribution in [-0.4, -0.2) is 15.2 Å². The predicted molar refractivity (Wildman–Crippen MR) is 74.8 cm³/mol. The fourth-order valence-electron chi connectivity index (χ4n) is 1.90. The first-order chi connectivity index (χ1) is 7.83. The van der Waals surface area contributed by atoms with Gasteiger partial charge in [0.2, 0.25) is 0 Å². The molecule has 0 N–H and O–H groups in total. The minimum Gasteiger partial charge on any atom is -1.00 e. The molecule has 0 aromatic heterocycles. The molecule has 0 radical (unpaired) electrons. The molecule has 0 aliphatic rings. The molecule has 1 rings (SSSR count). The molecular formula is C15H24AlCl. The molecule has 0 heterocycles. The van der Waals surface area contributed by atoms with Crippen molar-refractivity contribution in [2.75, 3.05) is 0 Å². The van der Waals surface area contributed by atoms with E-state index in [9.17, 15) is 0 Å². The van der Waals surface area contributed by atoms with Crippen molar-refractivity contribution in [2.24, 2.45) is 0 Å². The smallest absolute Gasteiger partial charge is 1.00 e. The summed E-state index contributed by atoms with van der Waals surface area (Å²) < 4.78 is 1.58. The molecule has 0 aliphatic carbocycles. The molecule has 0 amide bonds. The molecule has 17 heavy (non-hydrogen) atoms. The Morgan fingerprint density at radius 2 is 1.47 bits per heavy atom. The number of halogens is 1. The Morgan fingerprint density at radius 1 is 0.882 bits per heavy atom. The number of unbranched alkanes of at least 4 members (excludes halogenated alkanes) is 5. The number of hydrogen-bond acceptors (Lipinski definition) is 0. The maximum absolute atomic E-state index is 2.31. The van der Waals surface area contributed by atoms with Gasteiger partial charge >= 0.3 is 107 Å². The molecule has 0 saturated heterocycles. The molecule has 0 aliphatic heterocycles. The Hall–Kier alpha value is 0.0425. The van der Waals surface area contributed by atoms with E-state index < -0.39 is 0 Å². The number of aryl methyl sites for hydroxylation is 1. The number of hydrogen-bond donors (Lipinski definition) is 0. The van der Waals surface area contributed by atoms with Crippen LogP contribution in [0.5, 0.6) is 0 Å². The SMILES string of the molecule is CCCCCCC[CH2][Al+][c]1ccc(C)cc1.[Cl-]. The van der Waals surface area contributed by atoms with Crippen molar-refractivity contribution >= 4 is 19.6 Å². The van der Waals surface area contributed by atoms with Crippen LogP contribution in [0.4, 0.5) is 0 Å². The summed E-state index contributed by atoms with van der Waals surface area (Å²) in [6.45, 7) is 4.44. The predicted octanol–water partition coefficient (Wildman–Crippen LogP) is 1.11. The van der Waals surface area contributed by atoms with E-state index in [0.717, 1.165) is 0 Å². The van der Waals surface area contributed by atoms with Crippen LogP contribution in [0.3, 0.4) is 0 Å². The van der Waals surface area contributed by atoms with Crippen LogP contribution < -0.4 is 16.8 Å². The monoisotopic (exact) mass is 266 g/mol. The van der Waals surface area contributed by atoms with Gasteiger partial charge in [-0.3, -0.25) is 0 Å². The third-order valence-electron chi connectivity index (χ3n) is 3.02. The summed E-state index contributed by atoms with van der Waals surface area (Å²) in [7, 11) is 0. The average Bonchev–Trinajstić information content (AvgIpc) is 2.30. The van der Waals surface area contributed by atoms with Gasteiger partial charge in [-0.05, 0) is 0 Å². The molecular weight excluding hydrogens is 243 g/mol. The minimum absolute atomic E-state index is 0. The molecule has 0 nitrogen and oxygen atoms in total. The molecule has 1 aromatic rings. The summed E-state index contributed by atoms with van der Waals surface area (Å²) in [5.74, 6) is 0. The van der Waals surface area contributed by atoms with Crippen molar-refractivity contribution in [1.29, 1.82) is 0 Å². The Labute approximate surface area is 119 Å². The van der Waals surface area contributed by atoms with Gasteiger partial charge < -0.3 is 12.4 Å². The third-order valence-corrected chi connectivity index (χ3v) is 4.57. The second-order valence-corrected chi connectivity index (χ2v) is 6.32. The van der Waals surface area contributed by atoms with Crippen LogP contribution in [-0.2, 0) is 0 Å². The van der Waals surface area contributed by atoms with Gasteiger partial charge in [-0.25, -0.2) is 0 Å². The van der Waals surface area contributed by atoms with Crippen molar-refractivity contribution in [3.63, 3.8) is 0 Å². The molecule has 0 spiro atoms. The Balaban J connectivity index is 0.00000256. The van der Waals surface area contributed by atoms with Crippen molar-refractivity contribution in [1.82, 2.24) is 0 Å². The van der Waals surface area contributed by atoms with Gasteiger partial charge in [0, 0.05) is 0 Å². The summed E-state index contributed by atoms with van der Waals surface area (Å²) in [5, 5.41) is 1.44. The topological polar surface area (TPSA) is 0 Å². The van der Waals surface area contributed by atoms with Gasteiger partial charge in [-0.15, -0.1) is 0 Å². The van der Waals surface area contributed by atoms with Gasteiger partial charge in [0.25, 0.3) is 0 Å². The largest absolute Gasteiger partial charge is 1.00 e. The first-order valence-corrected chi connectivity index (χ1v) is 8.12. The van der Waals surface area contributed by atoms with Gasteiger partial charge in [-0.2, -0.15) is 0 Å². The number of rotatable bonds is 8. The van der Waals surface area contributed by atoms with Crippen molar-refractivity contribution < 1.29 is 12.4 Å². The van der Waals surface area contributed by atoms with Crippen molar-refractivity contribution in [3.8, 4) is 0 Å². The zero-order valence-corrected chi connectivity index (χ0v) is 13.1.